The maximum absolute atomic E-state index is 12.7. The zero-order chi connectivity index (χ0) is 25.9. The molecule has 15 nitrogen and oxygen atoms in total. The van der Waals surface area contributed by atoms with Gasteiger partial charge < -0.3 is 42.1 Å². The van der Waals surface area contributed by atoms with Gasteiger partial charge in [0.05, 0.1) is 25.3 Å². The van der Waals surface area contributed by atoms with Gasteiger partial charge in [0.1, 0.15) is 18.1 Å². The fourth-order valence-electron chi connectivity index (χ4n) is 2.57. The quantitative estimate of drug-likeness (QED) is 0.120. The minimum Gasteiger partial charge on any atom is -0.481 e. The first-order valence-corrected chi connectivity index (χ1v) is 9.68. The summed E-state index contributed by atoms with van der Waals surface area (Å²) < 4.78 is 0. The third-order valence-corrected chi connectivity index (χ3v) is 4.08. The van der Waals surface area contributed by atoms with Crippen molar-refractivity contribution in [3.63, 3.8) is 0 Å². The average Bonchev–Trinajstić information content (AvgIpc) is 2.64. The van der Waals surface area contributed by atoms with Gasteiger partial charge in [0.25, 0.3) is 0 Å². The van der Waals surface area contributed by atoms with E-state index in [2.05, 4.69) is 10.6 Å². The third kappa shape index (κ3) is 12.0. The maximum atomic E-state index is 12.7. The molecule has 0 aromatic carbocycles. The van der Waals surface area contributed by atoms with Crippen molar-refractivity contribution in [3.8, 4) is 0 Å². The Morgan fingerprint density at radius 2 is 1.03 bits per heavy atom. The van der Waals surface area contributed by atoms with Gasteiger partial charge in [-0.1, -0.05) is 13.8 Å². The van der Waals surface area contributed by atoms with Crippen LogP contribution in [0, 0.1) is 5.92 Å². The van der Waals surface area contributed by atoms with Gasteiger partial charge in [-0.05, 0) is 12.3 Å². The van der Waals surface area contributed by atoms with Crippen molar-refractivity contribution in [1.82, 2.24) is 16.0 Å². The van der Waals surface area contributed by atoms with Gasteiger partial charge in [0.2, 0.25) is 17.7 Å². The van der Waals surface area contributed by atoms with E-state index < -0.39 is 85.0 Å². The highest BCUT2D eigenvalue weighted by Gasteiger charge is 2.32. The van der Waals surface area contributed by atoms with Gasteiger partial charge in [-0.3, -0.25) is 28.8 Å². The molecule has 15 heteroatoms. The van der Waals surface area contributed by atoms with Crippen LogP contribution in [0.15, 0.2) is 0 Å². The van der Waals surface area contributed by atoms with Crippen LogP contribution in [0.1, 0.15) is 39.5 Å². The number of hydrogen-bond donors (Lipinski definition) is 8. The number of hydrogen-bond acceptors (Lipinski definition) is 8. The highest BCUT2D eigenvalue weighted by molar-refractivity contribution is 5.96. The van der Waals surface area contributed by atoms with E-state index in [1.165, 1.54) is 0 Å². The van der Waals surface area contributed by atoms with E-state index in [9.17, 15) is 33.6 Å². The lowest BCUT2D eigenvalue weighted by molar-refractivity contribution is -0.148. The first kappa shape index (κ1) is 29.2. The topological polar surface area (TPSA) is 263 Å². The zero-order valence-electron chi connectivity index (χ0n) is 17.9. The molecule has 0 aromatic heterocycles. The Balaban J connectivity index is 5.56. The number of carboxylic acids is 4. The lowest BCUT2D eigenvalue weighted by atomic mass is 10.0. The lowest BCUT2D eigenvalue weighted by Gasteiger charge is -2.25. The van der Waals surface area contributed by atoms with Crippen LogP contribution < -0.4 is 21.7 Å². The molecule has 0 radical (unpaired) electrons. The van der Waals surface area contributed by atoms with Gasteiger partial charge in [-0.15, -0.1) is 0 Å². The van der Waals surface area contributed by atoms with E-state index in [1.54, 1.807) is 13.8 Å². The smallest absolute Gasteiger partial charge is 0.326 e. The summed E-state index contributed by atoms with van der Waals surface area (Å²) in [6.07, 6.45) is -2.68. The predicted octanol–water partition coefficient (Wildman–Crippen LogP) is -2.68. The Hall–Kier alpha value is -3.75. The molecule has 0 heterocycles. The van der Waals surface area contributed by atoms with Gasteiger partial charge in [0, 0.05) is 0 Å². The fourth-order valence-corrected chi connectivity index (χ4v) is 2.57. The van der Waals surface area contributed by atoms with E-state index >= 15 is 0 Å². The Bertz CT molecular complexity index is 783. The number of rotatable bonds is 15. The Labute approximate surface area is 187 Å². The second-order valence-electron chi connectivity index (χ2n) is 7.55. The van der Waals surface area contributed by atoms with Crippen molar-refractivity contribution >= 4 is 41.6 Å². The Morgan fingerprint density at radius 1 is 0.636 bits per heavy atom. The molecule has 0 spiro atoms. The molecule has 0 aromatic rings. The molecule has 186 valence electrons. The van der Waals surface area contributed by atoms with Crippen LogP contribution >= 0.6 is 0 Å². The number of carbonyl (C=O) groups is 7. The molecule has 3 amide bonds. The minimum atomic E-state index is -1.89. The highest BCUT2D eigenvalue weighted by atomic mass is 16.4. The maximum Gasteiger partial charge on any atom is 0.326 e. The van der Waals surface area contributed by atoms with E-state index in [0.29, 0.717) is 0 Å². The lowest BCUT2D eigenvalue weighted by Crippen LogP contribution is -2.58. The van der Waals surface area contributed by atoms with Crippen LogP contribution in [0.5, 0.6) is 0 Å². The number of carbonyl (C=O) groups excluding carboxylic acids is 3. The third-order valence-electron chi connectivity index (χ3n) is 4.08. The minimum absolute atomic E-state index is 0.00946. The van der Waals surface area contributed by atoms with Crippen LogP contribution in [-0.4, -0.2) is 86.2 Å². The van der Waals surface area contributed by atoms with Crippen molar-refractivity contribution in [2.45, 2.75) is 63.7 Å². The molecule has 0 aliphatic rings. The average molecular weight is 476 g/mol. The zero-order valence-corrected chi connectivity index (χ0v) is 17.9. The highest BCUT2D eigenvalue weighted by Crippen LogP contribution is 2.07. The van der Waals surface area contributed by atoms with Crippen molar-refractivity contribution in [3.05, 3.63) is 0 Å². The van der Waals surface area contributed by atoms with Crippen LogP contribution in [-0.2, 0) is 33.6 Å². The molecular formula is C18H28N4O11. The summed E-state index contributed by atoms with van der Waals surface area (Å²) >= 11 is 0. The molecule has 0 aliphatic carbocycles. The van der Waals surface area contributed by atoms with Crippen LogP contribution in [0.2, 0.25) is 0 Å². The van der Waals surface area contributed by atoms with E-state index in [1.807, 2.05) is 5.32 Å². The molecule has 0 bridgehead atoms. The van der Waals surface area contributed by atoms with Gasteiger partial charge in [-0.2, -0.15) is 0 Å². The summed E-state index contributed by atoms with van der Waals surface area (Å²) in [5, 5.41) is 41.7. The standard InChI is InChI=1S/C18H28N4O11/c1-7(2)3-9(20-15(29)8(19)4-12(23)24)16(30)21-10(5-13(25)26)17(31)22-11(18(32)33)6-14(27)28/h7-11H,3-6,19H2,1-2H3,(H,20,29)(H,21,30)(H,22,31)(H,23,24)(H,25,26)(H,27,28)(H,32,33). The number of nitrogens with one attached hydrogen (secondary N) is 3. The molecule has 4 atom stereocenters. The number of amides is 3. The number of nitrogens with two attached hydrogens (primary N) is 1. The van der Waals surface area contributed by atoms with Crippen molar-refractivity contribution in [2.75, 3.05) is 0 Å². The van der Waals surface area contributed by atoms with Crippen LogP contribution in [0.3, 0.4) is 0 Å². The Morgan fingerprint density at radius 3 is 1.45 bits per heavy atom. The van der Waals surface area contributed by atoms with E-state index in [4.69, 9.17) is 26.2 Å². The molecule has 9 N–H and O–H groups in total. The summed E-state index contributed by atoms with van der Waals surface area (Å²) in [7, 11) is 0. The summed E-state index contributed by atoms with van der Waals surface area (Å²) in [5.41, 5.74) is 5.47. The molecule has 0 saturated carbocycles. The number of carboxylic acid groups (broad SMARTS) is 4. The predicted molar refractivity (Wildman–Crippen MR) is 108 cm³/mol. The molecule has 0 rings (SSSR count). The molecule has 33 heavy (non-hydrogen) atoms. The second-order valence-corrected chi connectivity index (χ2v) is 7.55. The SMILES string of the molecule is CC(C)CC(NC(=O)C(N)CC(=O)O)C(=O)NC(CC(=O)O)C(=O)NC(CC(=O)O)C(=O)O. The summed E-state index contributed by atoms with van der Waals surface area (Å²) in [6.45, 7) is 3.38. The molecule has 4 unspecified atom stereocenters. The largest absolute Gasteiger partial charge is 0.481 e. The van der Waals surface area contributed by atoms with E-state index in [0.717, 1.165) is 0 Å². The van der Waals surface area contributed by atoms with Gasteiger partial charge in [0.15, 0.2) is 0 Å². The first-order valence-electron chi connectivity index (χ1n) is 9.68. The molecule has 0 saturated heterocycles. The number of aliphatic carboxylic acids is 4. The van der Waals surface area contributed by atoms with Crippen LogP contribution in [0.4, 0.5) is 0 Å². The fraction of sp³-hybridized carbons (Fsp3) is 0.611. The van der Waals surface area contributed by atoms with Gasteiger partial charge in [-0.25, -0.2) is 4.79 Å². The van der Waals surface area contributed by atoms with Crippen molar-refractivity contribution < 1.29 is 54.0 Å². The molecular weight excluding hydrogens is 448 g/mol. The Kier molecular flexibility index (Phi) is 12.1. The monoisotopic (exact) mass is 476 g/mol. The van der Waals surface area contributed by atoms with Crippen molar-refractivity contribution in [1.29, 1.82) is 0 Å². The normalized spacial score (nSPS) is 14.3. The molecule has 0 aliphatic heterocycles. The van der Waals surface area contributed by atoms with Gasteiger partial charge >= 0.3 is 23.9 Å². The van der Waals surface area contributed by atoms with Crippen molar-refractivity contribution in [2.24, 2.45) is 11.7 Å². The van der Waals surface area contributed by atoms with E-state index in [-0.39, 0.29) is 12.3 Å². The second kappa shape index (κ2) is 13.6. The van der Waals surface area contributed by atoms with Crippen LogP contribution in [0.25, 0.3) is 0 Å². The first-order chi connectivity index (χ1) is 15.1. The summed E-state index contributed by atoms with van der Waals surface area (Å²) in [6, 6.07) is -6.49. The summed E-state index contributed by atoms with van der Waals surface area (Å²) in [5.74, 6) is -9.55. The summed E-state index contributed by atoms with van der Waals surface area (Å²) in [4.78, 5) is 81.0. The molecule has 0 fully saturated rings.